The van der Waals surface area contributed by atoms with Gasteiger partial charge in [-0.15, -0.1) is 0 Å². The second-order valence-electron chi connectivity index (χ2n) is 5.96. The Morgan fingerprint density at radius 1 is 1.23 bits per heavy atom. The zero-order chi connectivity index (χ0) is 19.2. The van der Waals surface area contributed by atoms with E-state index in [0.717, 1.165) is 31.2 Å². The first-order valence-electron chi connectivity index (χ1n) is 8.92. The number of aromatic hydroxyl groups is 1. The highest BCUT2D eigenvalue weighted by Crippen LogP contribution is 2.11. The quantitative estimate of drug-likeness (QED) is 0.525. The van der Waals surface area contributed by atoms with E-state index in [2.05, 4.69) is 17.6 Å². The van der Waals surface area contributed by atoms with E-state index < -0.39 is 12.1 Å². The average Bonchev–Trinajstić information content (AvgIpc) is 2.63. The number of phenolic OH excluding ortho intramolecular Hbond substituents is 1. The summed E-state index contributed by atoms with van der Waals surface area (Å²) in [5.41, 5.74) is 0.784. The molecule has 0 saturated heterocycles. The topological polar surface area (TPSA) is 111 Å². The summed E-state index contributed by atoms with van der Waals surface area (Å²) in [5.74, 6) is -0.250. The van der Waals surface area contributed by atoms with E-state index in [0.29, 0.717) is 6.61 Å². The van der Waals surface area contributed by atoms with Gasteiger partial charge in [0.15, 0.2) is 0 Å². The van der Waals surface area contributed by atoms with Crippen LogP contribution < -0.4 is 10.6 Å². The number of carbonyl (C=O) groups is 2. The van der Waals surface area contributed by atoms with Gasteiger partial charge in [-0.25, -0.2) is 4.79 Å². The van der Waals surface area contributed by atoms with Crippen molar-refractivity contribution in [2.24, 2.45) is 0 Å². The highest BCUT2D eigenvalue weighted by molar-refractivity contribution is 5.85. The highest BCUT2D eigenvalue weighted by Gasteiger charge is 2.21. The molecule has 0 radical (unpaired) electrons. The predicted molar refractivity (Wildman–Crippen MR) is 97.5 cm³/mol. The first-order valence-corrected chi connectivity index (χ1v) is 8.92. The normalized spacial score (nSPS) is 11.2. The van der Waals surface area contributed by atoms with E-state index in [1.54, 1.807) is 12.1 Å². The lowest BCUT2D eigenvalue weighted by Gasteiger charge is -2.18. The number of benzene rings is 1. The molecule has 0 aliphatic carbocycles. The molecule has 0 aliphatic heterocycles. The molecule has 2 amide bonds. The Balaban J connectivity index is 2.58. The Labute approximate surface area is 154 Å². The Kier molecular flexibility index (Phi) is 10.3. The summed E-state index contributed by atoms with van der Waals surface area (Å²) >= 11 is 0. The Hall–Kier alpha value is -2.75. The minimum Gasteiger partial charge on any atom is -0.508 e. The molecule has 0 saturated carbocycles. The number of alkyl carbamates (subject to hydrolysis) is 1. The smallest absolute Gasteiger partial charge is 0.407 e. The SMILES string of the molecule is CCCCCCOC(=O)NC(Cc1ccc(O)cc1)C(=O)NCCC#N. The molecule has 1 unspecified atom stereocenters. The van der Waals surface area contributed by atoms with E-state index in [1.165, 1.54) is 12.1 Å². The van der Waals surface area contributed by atoms with Gasteiger partial charge in [-0.1, -0.05) is 38.3 Å². The van der Waals surface area contributed by atoms with Gasteiger partial charge in [0.25, 0.3) is 0 Å². The van der Waals surface area contributed by atoms with E-state index in [9.17, 15) is 14.7 Å². The van der Waals surface area contributed by atoms with Crippen LogP contribution >= 0.6 is 0 Å². The maximum atomic E-state index is 12.3. The van der Waals surface area contributed by atoms with Crippen LogP contribution in [0.15, 0.2) is 24.3 Å². The molecule has 0 fully saturated rings. The number of nitrogens with zero attached hydrogens (tertiary/aromatic N) is 1. The molecule has 3 N–H and O–H groups in total. The summed E-state index contributed by atoms with van der Waals surface area (Å²) in [6.45, 7) is 2.63. The van der Waals surface area contributed by atoms with E-state index in [4.69, 9.17) is 10.00 Å². The third-order valence-corrected chi connectivity index (χ3v) is 3.75. The fourth-order valence-electron chi connectivity index (χ4n) is 2.32. The van der Waals surface area contributed by atoms with Crippen molar-refractivity contribution < 1.29 is 19.4 Å². The molecular formula is C19H27N3O4. The lowest BCUT2D eigenvalue weighted by Crippen LogP contribution is -2.48. The molecule has 0 aromatic heterocycles. The average molecular weight is 361 g/mol. The molecule has 7 nitrogen and oxygen atoms in total. The second kappa shape index (κ2) is 12.6. The van der Waals surface area contributed by atoms with Gasteiger partial charge in [-0.05, 0) is 24.1 Å². The van der Waals surface area contributed by atoms with Crippen LogP contribution in [0, 0.1) is 11.3 Å². The third kappa shape index (κ3) is 8.92. The van der Waals surface area contributed by atoms with E-state index in [1.807, 2.05) is 6.07 Å². The van der Waals surface area contributed by atoms with Crippen molar-refractivity contribution in [3.8, 4) is 11.8 Å². The van der Waals surface area contributed by atoms with Crippen molar-refractivity contribution in [3.05, 3.63) is 29.8 Å². The second-order valence-corrected chi connectivity index (χ2v) is 5.96. The van der Waals surface area contributed by atoms with Crippen LogP contribution in [0.3, 0.4) is 0 Å². The number of phenols is 1. The van der Waals surface area contributed by atoms with Crippen molar-refractivity contribution in [2.75, 3.05) is 13.2 Å². The van der Waals surface area contributed by atoms with Crippen LogP contribution in [0.25, 0.3) is 0 Å². The van der Waals surface area contributed by atoms with E-state index >= 15 is 0 Å². The Bertz CT molecular complexity index is 596. The fourth-order valence-corrected chi connectivity index (χ4v) is 2.32. The van der Waals surface area contributed by atoms with Gasteiger partial charge in [0, 0.05) is 13.0 Å². The summed E-state index contributed by atoms with van der Waals surface area (Å²) in [5, 5.41) is 23.1. The standard InChI is InChI=1S/C19H27N3O4/c1-2-3-4-5-13-26-19(25)22-17(18(24)21-12-6-11-20)14-15-7-9-16(23)10-8-15/h7-10,17,23H,2-6,12-14H2,1H3,(H,21,24)(H,22,25). The summed E-state index contributed by atoms with van der Waals surface area (Å²) in [7, 11) is 0. The maximum absolute atomic E-state index is 12.3. The number of carbonyl (C=O) groups excluding carboxylic acids is 2. The fraction of sp³-hybridized carbons (Fsp3) is 0.526. The molecule has 0 heterocycles. The molecule has 142 valence electrons. The molecule has 0 spiro atoms. The number of rotatable bonds is 11. The van der Waals surface area contributed by atoms with Crippen LogP contribution in [0.5, 0.6) is 5.75 Å². The minimum absolute atomic E-state index is 0.128. The maximum Gasteiger partial charge on any atom is 0.407 e. The molecule has 1 aromatic rings. The van der Waals surface area contributed by atoms with Gasteiger partial charge in [0.05, 0.1) is 19.1 Å². The first-order chi connectivity index (χ1) is 12.6. The Morgan fingerprint density at radius 2 is 1.96 bits per heavy atom. The third-order valence-electron chi connectivity index (χ3n) is 3.75. The lowest BCUT2D eigenvalue weighted by atomic mass is 10.1. The largest absolute Gasteiger partial charge is 0.508 e. The van der Waals surface area contributed by atoms with Crippen molar-refractivity contribution in [3.63, 3.8) is 0 Å². The van der Waals surface area contributed by atoms with Gasteiger partial charge >= 0.3 is 6.09 Å². The zero-order valence-corrected chi connectivity index (χ0v) is 15.2. The van der Waals surface area contributed by atoms with Gasteiger partial charge in [0.2, 0.25) is 5.91 Å². The van der Waals surface area contributed by atoms with Crippen molar-refractivity contribution in [1.29, 1.82) is 5.26 Å². The highest BCUT2D eigenvalue weighted by atomic mass is 16.5. The van der Waals surface area contributed by atoms with Crippen LogP contribution in [-0.4, -0.2) is 36.3 Å². The van der Waals surface area contributed by atoms with Crippen molar-refractivity contribution >= 4 is 12.0 Å². The first kappa shape index (κ1) is 21.3. The number of hydrogen-bond donors (Lipinski definition) is 3. The molecule has 0 bridgehead atoms. The monoisotopic (exact) mass is 361 g/mol. The van der Waals surface area contributed by atoms with Crippen molar-refractivity contribution in [1.82, 2.24) is 10.6 Å². The van der Waals surface area contributed by atoms with Gasteiger partial charge in [-0.3, -0.25) is 4.79 Å². The lowest BCUT2D eigenvalue weighted by molar-refractivity contribution is -0.123. The van der Waals surface area contributed by atoms with Crippen LogP contribution in [-0.2, 0) is 16.0 Å². The number of nitriles is 1. The summed E-state index contributed by atoms with van der Waals surface area (Å²) < 4.78 is 5.13. The molecule has 0 aliphatic rings. The zero-order valence-electron chi connectivity index (χ0n) is 15.2. The molecule has 1 atom stereocenters. The van der Waals surface area contributed by atoms with Crippen LogP contribution in [0.4, 0.5) is 4.79 Å². The Morgan fingerprint density at radius 3 is 2.62 bits per heavy atom. The molecule has 1 aromatic carbocycles. The molecule has 26 heavy (non-hydrogen) atoms. The summed E-state index contributed by atoms with van der Waals surface area (Å²) in [6.07, 6.45) is 3.79. The molecule has 7 heteroatoms. The summed E-state index contributed by atoms with van der Waals surface area (Å²) in [4.78, 5) is 24.3. The van der Waals surface area contributed by atoms with Crippen LogP contribution in [0.1, 0.15) is 44.6 Å². The predicted octanol–water partition coefficient (Wildman–Crippen LogP) is 2.64. The van der Waals surface area contributed by atoms with Gasteiger partial charge in [0.1, 0.15) is 11.8 Å². The van der Waals surface area contributed by atoms with Gasteiger partial charge < -0.3 is 20.5 Å². The van der Waals surface area contributed by atoms with Crippen LogP contribution in [0.2, 0.25) is 0 Å². The number of amides is 2. The minimum atomic E-state index is -0.818. The van der Waals surface area contributed by atoms with Gasteiger partial charge in [-0.2, -0.15) is 5.26 Å². The number of nitrogens with one attached hydrogen (secondary N) is 2. The number of unbranched alkanes of at least 4 members (excludes halogenated alkanes) is 3. The number of hydrogen-bond acceptors (Lipinski definition) is 5. The molecule has 1 rings (SSSR count). The van der Waals surface area contributed by atoms with E-state index in [-0.39, 0.29) is 31.0 Å². The van der Waals surface area contributed by atoms with Crippen molar-refractivity contribution in [2.45, 2.75) is 51.5 Å². The number of ether oxygens (including phenoxy) is 1. The summed E-state index contributed by atoms with van der Waals surface area (Å²) in [6, 6.07) is 7.54. The molecular weight excluding hydrogens is 334 g/mol.